The maximum atomic E-state index is 12.7. The van der Waals surface area contributed by atoms with Gasteiger partial charge in [-0.1, -0.05) is 17.7 Å². The van der Waals surface area contributed by atoms with Crippen LogP contribution in [0.2, 0.25) is 5.02 Å². The van der Waals surface area contributed by atoms with Crippen molar-refractivity contribution < 1.29 is 13.5 Å². The van der Waals surface area contributed by atoms with E-state index in [-0.39, 0.29) is 4.90 Å². The number of piperazine rings is 1. The molecule has 1 fully saturated rings. The third kappa shape index (κ3) is 4.04. The molecule has 0 atom stereocenters. The molecule has 1 heterocycles. The zero-order chi connectivity index (χ0) is 18.9. The number of sulfonamides is 1. The van der Waals surface area contributed by atoms with E-state index >= 15 is 0 Å². The summed E-state index contributed by atoms with van der Waals surface area (Å²) < 4.78 is 27.0. The van der Waals surface area contributed by atoms with Crippen molar-refractivity contribution in [1.29, 1.82) is 0 Å². The second kappa shape index (κ2) is 7.56. The van der Waals surface area contributed by atoms with Crippen LogP contribution >= 0.6 is 11.6 Å². The fourth-order valence-corrected chi connectivity index (χ4v) is 4.66. The maximum Gasteiger partial charge on any atom is 0.243 e. The van der Waals surface area contributed by atoms with Crippen LogP contribution in [0.25, 0.3) is 0 Å². The van der Waals surface area contributed by atoms with Gasteiger partial charge in [0.05, 0.1) is 4.90 Å². The second-order valence-corrected chi connectivity index (χ2v) is 9.07. The topological polar surface area (TPSA) is 60.9 Å². The lowest BCUT2D eigenvalue weighted by atomic mass is 10.0. The molecule has 0 aromatic heterocycles. The average Bonchev–Trinajstić information content (AvgIpc) is 2.60. The molecule has 0 saturated carbocycles. The summed E-state index contributed by atoms with van der Waals surface area (Å²) in [6, 6.07) is 10.0. The van der Waals surface area contributed by atoms with Crippen LogP contribution in [0, 0.1) is 13.8 Å². The molecule has 0 aliphatic carbocycles. The third-order valence-corrected chi connectivity index (χ3v) is 7.04. The molecule has 1 saturated heterocycles. The number of phenolic OH excluding ortho intramolecular Hbond substituents is 1. The number of phenols is 1. The van der Waals surface area contributed by atoms with Gasteiger partial charge in [-0.05, 0) is 55.3 Å². The van der Waals surface area contributed by atoms with Crippen LogP contribution in [-0.2, 0) is 16.6 Å². The molecule has 1 aliphatic rings. The highest BCUT2D eigenvalue weighted by atomic mass is 35.5. The van der Waals surface area contributed by atoms with Crippen LogP contribution in [-0.4, -0.2) is 48.9 Å². The largest absolute Gasteiger partial charge is 0.508 e. The Kier molecular flexibility index (Phi) is 5.58. The molecule has 5 nitrogen and oxygen atoms in total. The highest BCUT2D eigenvalue weighted by Gasteiger charge is 2.28. The minimum atomic E-state index is -3.50. The number of aryl methyl sites for hydroxylation is 2. The van der Waals surface area contributed by atoms with E-state index < -0.39 is 10.0 Å². The van der Waals surface area contributed by atoms with Crippen LogP contribution in [0.1, 0.15) is 16.7 Å². The van der Waals surface area contributed by atoms with Gasteiger partial charge in [-0.2, -0.15) is 4.31 Å². The molecule has 2 aromatic rings. The van der Waals surface area contributed by atoms with Crippen molar-refractivity contribution >= 4 is 21.6 Å². The number of nitrogens with zero attached hydrogens (tertiary/aromatic N) is 2. The van der Waals surface area contributed by atoms with Gasteiger partial charge in [0.25, 0.3) is 0 Å². The summed E-state index contributed by atoms with van der Waals surface area (Å²) in [5.41, 5.74) is 3.08. The maximum absolute atomic E-state index is 12.7. The first-order valence-electron chi connectivity index (χ1n) is 8.54. The zero-order valence-electron chi connectivity index (χ0n) is 14.9. The Bertz CT molecular complexity index is 890. The fraction of sp³-hybridized carbons (Fsp3) is 0.368. The van der Waals surface area contributed by atoms with E-state index in [9.17, 15) is 13.5 Å². The average molecular weight is 395 g/mol. The molecule has 0 bridgehead atoms. The van der Waals surface area contributed by atoms with Crippen molar-refractivity contribution in [3.8, 4) is 5.75 Å². The molecule has 140 valence electrons. The summed E-state index contributed by atoms with van der Waals surface area (Å²) in [6.45, 7) is 6.71. The number of aromatic hydroxyl groups is 1. The first-order chi connectivity index (χ1) is 12.3. The van der Waals surface area contributed by atoms with Gasteiger partial charge in [-0.15, -0.1) is 0 Å². The van der Waals surface area contributed by atoms with Gasteiger partial charge in [0, 0.05) is 43.3 Å². The Labute approximate surface area is 159 Å². The minimum absolute atomic E-state index is 0.266. The molecule has 26 heavy (non-hydrogen) atoms. The summed E-state index contributed by atoms with van der Waals surface area (Å²) in [7, 11) is -3.50. The fourth-order valence-electron chi connectivity index (χ4n) is 3.11. The quantitative estimate of drug-likeness (QED) is 0.865. The van der Waals surface area contributed by atoms with E-state index in [4.69, 9.17) is 11.6 Å². The Morgan fingerprint density at radius 2 is 1.58 bits per heavy atom. The minimum Gasteiger partial charge on any atom is -0.508 e. The predicted molar refractivity (Wildman–Crippen MR) is 103 cm³/mol. The number of benzene rings is 2. The van der Waals surface area contributed by atoms with Gasteiger partial charge >= 0.3 is 0 Å². The summed E-state index contributed by atoms with van der Waals surface area (Å²) in [5, 5.41) is 10.7. The number of hydrogen-bond acceptors (Lipinski definition) is 4. The molecule has 3 rings (SSSR count). The molecule has 0 unspecified atom stereocenters. The third-order valence-electron chi connectivity index (χ3n) is 4.87. The molecule has 1 aliphatic heterocycles. The van der Waals surface area contributed by atoms with Crippen LogP contribution in [0.5, 0.6) is 5.75 Å². The van der Waals surface area contributed by atoms with Crippen molar-refractivity contribution in [2.24, 2.45) is 0 Å². The lowest BCUT2D eigenvalue weighted by molar-refractivity contribution is 0.180. The molecule has 0 spiro atoms. The van der Waals surface area contributed by atoms with Gasteiger partial charge in [-0.3, -0.25) is 4.90 Å². The molecule has 2 aromatic carbocycles. The van der Waals surface area contributed by atoms with Gasteiger partial charge in [-0.25, -0.2) is 8.42 Å². The molecule has 0 radical (unpaired) electrons. The summed E-state index contributed by atoms with van der Waals surface area (Å²) in [6.07, 6.45) is 0. The monoisotopic (exact) mass is 394 g/mol. The normalized spacial score (nSPS) is 16.7. The van der Waals surface area contributed by atoms with Crippen molar-refractivity contribution in [2.45, 2.75) is 25.3 Å². The zero-order valence-corrected chi connectivity index (χ0v) is 16.5. The van der Waals surface area contributed by atoms with Crippen molar-refractivity contribution in [2.75, 3.05) is 26.2 Å². The predicted octanol–water partition coefficient (Wildman–Crippen LogP) is 3.17. The van der Waals surface area contributed by atoms with E-state index in [0.29, 0.717) is 43.5 Å². The Hall–Kier alpha value is -1.60. The highest BCUT2D eigenvalue weighted by Crippen LogP contribution is 2.25. The SMILES string of the molecule is Cc1cc(O)c(CN2CCN(S(=O)(=O)c3ccc(Cl)cc3)CC2)cc1C. The van der Waals surface area contributed by atoms with Crippen molar-refractivity contribution in [3.63, 3.8) is 0 Å². The van der Waals surface area contributed by atoms with Crippen molar-refractivity contribution in [1.82, 2.24) is 9.21 Å². The van der Waals surface area contributed by atoms with E-state index in [1.807, 2.05) is 19.9 Å². The molecule has 1 N–H and O–H groups in total. The van der Waals surface area contributed by atoms with E-state index in [2.05, 4.69) is 4.90 Å². The first kappa shape index (κ1) is 19.2. The van der Waals surface area contributed by atoms with E-state index in [0.717, 1.165) is 16.7 Å². The summed E-state index contributed by atoms with van der Waals surface area (Å²) >= 11 is 5.84. The van der Waals surface area contributed by atoms with Gasteiger partial charge in [0.15, 0.2) is 0 Å². The highest BCUT2D eigenvalue weighted by molar-refractivity contribution is 7.89. The van der Waals surface area contributed by atoms with E-state index in [1.165, 1.54) is 16.4 Å². The van der Waals surface area contributed by atoms with Crippen LogP contribution in [0.4, 0.5) is 0 Å². The van der Waals surface area contributed by atoms with E-state index in [1.54, 1.807) is 18.2 Å². The van der Waals surface area contributed by atoms with Crippen LogP contribution in [0.15, 0.2) is 41.3 Å². The lowest BCUT2D eigenvalue weighted by Crippen LogP contribution is -2.48. The molecular formula is C19H23ClN2O3S. The molecular weight excluding hydrogens is 372 g/mol. The van der Waals surface area contributed by atoms with Crippen LogP contribution in [0.3, 0.4) is 0 Å². The number of halogens is 1. The summed E-state index contributed by atoms with van der Waals surface area (Å²) in [4.78, 5) is 2.43. The summed E-state index contributed by atoms with van der Waals surface area (Å²) in [5.74, 6) is 0.296. The van der Waals surface area contributed by atoms with Crippen molar-refractivity contribution in [3.05, 3.63) is 58.1 Å². The van der Waals surface area contributed by atoms with Crippen LogP contribution < -0.4 is 0 Å². The van der Waals surface area contributed by atoms with Gasteiger partial charge in [0.1, 0.15) is 5.75 Å². The smallest absolute Gasteiger partial charge is 0.243 e. The Morgan fingerprint density at radius 3 is 2.19 bits per heavy atom. The standard InChI is InChI=1S/C19H23ClN2O3S/c1-14-11-16(19(23)12-15(14)2)13-21-7-9-22(10-8-21)26(24,25)18-5-3-17(20)4-6-18/h3-6,11-12,23H,7-10,13H2,1-2H3. The van der Waals surface area contributed by atoms with Gasteiger partial charge in [0.2, 0.25) is 10.0 Å². The number of hydrogen-bond donors (Lipinski definition) is 1. The first-order valence-corrected chi connectivity index (χ1v) is 10.4. The van der Waals surface area contributed by atoms with Gasteiger partial charge < -0.3 is 5.11 Å². The molecule has 0 amide bonds. The second-order valence-electron chi connectivity index (χ2n) is 6.70. The lowest BCUT2D eigenvalue weighted by Gasteiger charge is -2.34. The number of rotatable bonds is 4. The Balaban J connectivity index is 1.66. The molecule has 7 heteroatoms. The Morgan fingerprint density at radius 1 is 1.00 bits per heavy atom.